The molecule has 88 valence electrons. The van der Waals surface area contributed by atoms with E-state index in [1.807, 2.05) is 13.8 Å². The van der Waals surface area contributed by atoms with Gasteiger partial charge in [0.25, 0.3) is 0 Å². The van der Waals surface area contributed by atoms with Crippen molar-refractivity contribution in [3.63, 3.8) is 0 Å². The zero-order valence-electron chi connectivity index (χ0n) is 9.51. The van der Waals surface area contributed by atoms with E-state index in [4.69, 9.17) is 5.73 Å². The molecule has 4 N–H and O–H groups in total. The molecule has 1 atom stereocenters. The average Bonchev–Trinajstić information content (AvgIpc) is 2.18. The fraction of sp³-hybridized carbons (Fsp3) is 0.800. The van der Waals surface area contributed by atoms with E-state index < -0.39 is 6.04 Å². The smallest absolute Gasteiger partial charge is 0.236 e. The first kappa shape index (κ1) is 13.9. The molecule has 0 saturated carbocycles. The Morgan fingerprint density at radius 3 is 2.47 bits per heavy atom. The van der Waals surface area contributed by atoms with Crippen LogP contribution < -0.4 is 16.4 Å². The number of amides is 2. The maximum atomic E-state index is 11.3. The molecule has 5 heteroatoms. The molecular formula is C10H21N3O2. The Hall–Kier alpha value is -1.10. The Bertz CT molecular complexity index is 207. The van der Waals surface area contributed by atoms with Crippen LogP contribution in [-0.4, -0.2) is 30.9 Å². The largest absolute Gasteiger partial charge is 0.356 e. The molecule has 0 aliphatic heterocycles. The van der Waals surface area contributed by atoms with Gasteiger partial charge in [0.15, 0.2) is 0 Å². The van der Waals surface area contributed by atoms with Gasteiger partial charge in [-0.1, -0.05) is 13.3 Å². The summed E-state index contributed by atoms with van der Waals surface area (Å²) in [6.45, 7) is 4.79. The molecule has 0 aliphatic carbocycles. The van der Waals surface area contributed by atoms with Gasteiger partial charge in [-0.2, -0.15) is 0 Å². The number of carbonyl (C=O) groups is 2. The highest BCUT2D eigenvalue weighted by Crippen LogP contribution is 1.92. The van der Waals surface area contributed by atoms with Gasteiger partial charge in [-0.3, -0.25) is 9.59 Å². The van der Waals surface area contributed by atoms with Crippen molar-refractivity contribution in [2.24, 2.45) is 5.73 Å². The zero-order valence-corrected chi connectivity index (χ0v) is 9.51. The van der Waals surface area contributed by atoms with E-state index in [0.29, 0.717) is 25.9 Å². The van der Waals surface area contributed by atoms with Gasteiger partial charge in [0, 0.05) is 19.5 Å². The van der Waals surface area contributed by atoms with Gasteiger partial charge in [0.05, 0.1) is 6.04 Å². The molecule has 0 saturated heterocycles. The van der Waals surface area contributed by atoms with Crippen LogP contribution in [0.1, 0.15) is 33.1 Å². The van der Waals surface area contributed by atoms with Crippen molar-refractivity contribution >= 4 is 11.8 Å². The van der Waals surface area contributed by atoms with Crippen LogP contribution >= 0.6 is 0 Å². The SMILES string of the molecule is CCC[C@H](N)C(=O)NCCC(=O)NCC. The van der Waals surface area contributed by atoms with Crippen molar-refractivity contribution in [1.29, 1.82) is 0 Å². The van der Waals surface area contributed by atoms with Gasteiger partial charge >= 0.3 is 0 Å². The Labute approximate surface area is 90.8 Å². The maximum Gasteiger partial charge on any atom is 0.236 e. The lowest BCUT2D eigenvalue weighted by Gasteiger charge is -2.10. The van der Waals surface area contributed by atoms with E-state index in [9.17, 15) is 9.59 Å². The molecule has 0 heterocycles. The molecule has 2 amide bonds. The minimum atomic E-state index is -0.454. The topological polar surface area (TPSA) is 84.2 Å². The number of hydrogen-bond acceptors (Lipinski definition) is 3. The van der Waals surface area contributed by atoms with Crippen LogP contribution in [0.25, 0.3) is 0 Å². The highest BCUT2D eigenvalue weighted by atomic mass is 16.2. The van der Waals surface area contributed by atoms with Crippen molar-refractivity contribution in [3.8, 4) is 0 Å². The summed E-state index contributed by atoms with van der Waals surface area (Å²) in [6, 6.07) is -0.454. The van der Waals surface area contributed by atoms with Crippen molar-refractivity contribution in [2.45, 2.75) is 39.2 Å². The first-order valence-corrected chi connectivity index (χ1v) is 5.41. The summed E-state index contributed by atoms with van der Waals surface area (Å²) >= 11 is 0. The minimum absolute atomic E-state index is 0.0538. The quantitative estimate of drug-likeness (QED) is 0.548. The Morgan fingerprint density at radius 1 is 1.27 bits per heavy atom. The summed E-state index contributed by atoms with van der Waals surface area (Å²) in [5, 5.41) is 5.28. The van der Waals surface area contributed by atoms with E-state index in [1.54, 1.807) is 0 Å². The zero-order chi connectivity index (χ0) is 11.7. The number of nitrogens with one attached hydrogen (secondary N) is 2. The molecule has 0 rings (SSSR count). The molecule has 0 fully saturated rings. The predicted molar refractivity (Wildman–Crippen MR) is 59.2 cm³/mol. The van der Waals surface area contributed by atoms with Crippen LogP contribution in [0.4, 0.5) is 0 Å². The number of carbonyl (C=O) groups excluding carboxylic acids is 2. The minimum Gasteiger partial charge on any atom is -0.356 e. The Balaban J connectivity index is 3.58. The van der Waals surface area contributed by atoms with Gasteiger partial charge < -0.3 is 16.4 Å². The molecule has 0 spiro atoms. The average molecular weight is 215 g/mol. The normalized spacial score (nSPS) is 11.9. The van der Waals surface area contributed by atoms with E-state index >= 15 is 0 Å². The molecule has 0 bridgehead atoms. The molecule has 0 aromatic carbocycles. The van der Waals surface area contributed by atoms with Crippen LogP contribution in [0.15, 0.2) is 0 Å². The maximum absolute atomic E-state index is 11.3. The molecule has 0 unspecified atom stereocenters. The number of hydrogen-bond donors (Lipinski definition) is 3. The van der Waals surface area contributed by atoms with Gasteiger partial charge in [0.1, 0.15) is 0 Å². The van der Waals surface area contributed by atoms with Gasteiger partial charge in [0.2, 0.25) is 11.8 Å². The second kappa shape index (κ2) is 8.23. The lowest BCUT2D eigenvalue weighted by atomic mass is 10.1. The van der Waals surface area contributed by atoms with Crippen molar-refractivity contribution in [3.05, 3.63) is 0 Å². The first-order valence-electron chi connectivity index (χ1n) is 5.41. The molecule has 0 radical (unpaired) electrons. The Kier molecular flexibility index (Phi) is 7.62. The van der Waals surface area contributed by atoms with Gasteiger partial charge in [-0.15, -0.1) is 0 Å². The summed E-state index contributed by atoms with van der Waals surface area (Å²) in [5.74, 6) is -0.233. The van der Waals surface area contributed by atoms with E-state index in [-0.39, 0.29) is 11.8 Å². The van der Waals surface area contributed by atoms with Crippen LogP contribution in [0, 0.1) is 0 Å². The second-order valence-electron chi connectivity index (χ2n) is 3.39. The summed E-state index contributed by atoms with van der Waals surface area (Å²) in [6.07, 6.45) is 1.86. The van der Waals surface area contributed by atoms with Crippen LogP contribution in [0.3, 0.4) is 0 Å². The van der Waals surface area contributed by atoms with Crippen LogP contribution in [-0.2, 0) is 9.59 Å². The second-order valence-corrected chi connectivity index (χ2v) is 3.39. The highest BCUT2D eigenvalue weighted by Gasteiger charge is 2.11. The van der Waals surface area contributed by atoms with Crippen molar-refractivity contribution < 1.29 is 9.59 Å². The first-order chi connectivity index (χ1) is 7.11. The molecule has 0 aromatic rings. The fourth-order valence-electron chi connectivity index (χ4n) is 1.16. The molecular weight excluding hydrogens is 194 g/mol. The number of rotatable bonds is 7. The summed E-state index contributed by atoms with van der Waals surface area (Å²) in [4.78, 5) is 22.3. The van der Waals surface area contributed by atoms with Crippen LogP contribution in [0.2, 0.25) is 0 Å². The molecule has 15 heavy (non-hydrogen) atoms. The standard InChI is InChI=1S/C10H21N3O2/c1-3-5-8(11)10(15)13-7-6-9(14)12-4-2/h8H,3-7,11H2,1-2H3,(H,12,14)(H,13,15)/t8-/m0/s1. The van der Waals surface area contributed by atoms with Gasteiger partial charge in [-0.05, 0) is 13.3 Å². The van der Waals surface area contributed by atoms with Crippen molar-refractivity contribution in [1.82, 2.24) is 10.6 Å². The molecule has 5 nitrogen and oxygen atoms in total. The summed E-state index contributed by atoms with van der Waals surface area (Å²) in [5.41, 5.74) is 5.59. The highest BCUT2D eigenvalue weighted by molar-refractivity contribution is 5.82. The van der Waals surface area contributed by atoms with E-state index in [0.717, 1.165) is 6.42 Å². The third-order valence-corrected chi connectivity index (χ3v) is 1.96. The fourth-order valence-corrected chi connectivity index (χ4v) is 1.16. The summed E-state index contributed by atoms with van der Waals surface area (Å²) in [7, 11) is 0. The van der Waals surface area contributed by atoms with E-state index in [1.165, 1.54) is 0 Å². The monoisotopic (exact) mass is 215 g/mol. The van der Waals surface area contributed by atoms with Gasteiger partial charge in [-0.25, -0.2) is 0 Å². The molecule has 0 aliphatic rings. The third kappa shape index (κ3) is 6.90. The lowest BCUT2D eigenvalue weighted by molar-refractivity contribution is -0.123. The predicted octanol–water partition coefficient (Wildman–Crippen LogP) is -0.244. The number of nitrogens with two attached hydrogens (primary N) is 1. The molecule has 0 aromatic heterocycles. The third-order valence-electron chi connectivity index (χ3n) is 1.96. The lowest BCUT2D eigenvalue weighted by Crippen LogP contribution is -2.41. The van der Waals surface area contributed by atoms with Crippen molar-refractivity contribution in [2.75, 3.05) is 13.1 Å². The van der Waals surface area contributed by atoms with Crippen LogP contribution in [0.5, 0.6) is 0 Å². The summed E-state index contributed by atoms with van der Waals surface area (Å²) < 4.78 is 0. The van der Waals surface area contributed by atoms with E-state index in [2.05, 4.69) is 10.6 Å². The Morgan fingerprint density at radius 2 is 1.93 bits per heavy atom.